The summed E-state index contributed by atoms with van der Waals surface area (Å²) in [7, 11) is 0. The van der Waals surface area contributed by atoms with Crippen LogP contribution in [0.2, 0.25) is 0 Å². The number of ether oxygens (including phenoxy) is 2. The van der Waals surface area contributed by atoms with E-state index >= 15 is 0 Å². The van der Waals surface area contributed by atoms with Crippen molar-refractivity contribution in [1.82, 2.24) is 14.1 Å². The highest BCUT2D eigenvalue weighted by Gasteiger charge is 2.24. The minimum Gasteiger partial charge on any atom is -0.494 e. The first-order chi connectivity index (χ1) is 16.5. The van der Waals surface area contributed by atoms with E-state index < -0.39 is 5.69 Å². The zero-order valence-corrected chi connectivity index (χ0v) is 19.5. The third kappa shape index (κ3) is 4.22. The zero-order valence-electron chi connectivity index (χ0n) is 18.7. The molecule has 0 aliphatic carbocycles. The Hall–Kier alpha value is -3.50. The number of anilines is 1. The molecule has 0 bridgehead atoms. The molecule has 0 unspecified atom stereocenters. The number of hydrogen-bond donors (Lipinski definition) is 1. The Balaban J connectivity index is 1.54. The minimum absolute atomic E-state index is 0.162. The third-order valence-corrected chi connectivity index (χ3v) is 6.86. The molecule has 1 saturated heterocycles. The first-order valence-corrected chi connectivity index (χ1v) is 12.0. The van der Waals surface area contributed by atoms with Gasteiger partial charge in [-0.05, 0) is 56.2 Å². The van der Waals surface area contributed by atoms with Gasteiger partial charge in [0.05, 0.1) is 24.8 Å². The number of fused-ring (bicyclic) bond motifs is 3. The van der Waals surface area contributed by atoms with Gasteiger partial charge >= 0.3 is 5.69 Å². The Labute approximate surface area is 198 Å². The number of nitrogens with zero attached hydrogens (tertiary/aromatic N) is 3. The van der Waals surface area contributed by atoms with E-state index in [9.17, 15) is 14.4 Å². The van der Waals surface area contributed by atoms with Crippen LogP contribution in [0.25, 0.3) is 20.4 Å². The largest absolute Gasteiger partial charge is 0.494 e. The Kier molecular flexibility index (Phi) is 6.16. The first kappa shape index (κ1) is 22.3. The van der Waals surface area contributed by atoms with Crippen LogP contribution in [0.5, 0.6) is 5.75 Å². The van der Waals surface area contributed by atoms with E-state index in [0.29, 0.717) is 45.1 Å². The van der Waals surface area contributed by atoms with Crippen LogP contribution >= 0.6 is 11.3 Å². The van der Waals surface area contributed by atoms with Gasteiger partial charge in [0, 0.05) is 23.9 Å². The zero-order chi connectivity index (χ0) is 23.7. The van der Waals surface area contributed by atoms with Gasteiger partial charge in [-0.15, -0.1) is 11.3 Å². The second-order valence-corrected chi connectivity index (χ2v) is 9.06. The summed E-state index contributed by atoms with van der Waals surface area (Å²) in [5.41, 5.74) is 0.121. The van der Waals surface area contributed by atoms with Crippen LogP contribution < -0.4 is 21.3 Å². The lowest BCUT2D eigenvalue weighted by Gasteiger charge is -2.15. The first-order valence-electron chi connectivity index (χ1n) is 11.2. The van der Waals surface area contributed by atoms with E-state index in [1.807, 2.05) is 13.0 Å². The number of carbonyl (C=O) groups excluding carboxylic acids is 1. The maximum atomic E-state index is 13.5. The van der Waals surface area contributed by atoms with E-state index in [1.165, 1.54) is 20.5 Å². The van der Waals surface area contributed by atoms with Crippen molar-refractivity contribution in [2.24, 2.45) is 0 Å². The molecule has 4 aromatic rings. The van der Waals surface area contributed by atoms with E-state index in [1.54, 1.807) is 36.5 Å². The van der Waals surface area contributed by atoms with Gasteiger partial charge in [0.25, 0.3) is 5.56 Å². The van der Waals surface area contributed by atoms with E-state index in [-0.39, 0.29) is 30.7 Å². The van der Waals surface area contributed by atoms with Gasteiger partial charge < -0.3 is 14.8 Å². The van der Waals surface area contributed by atoms with Crippen molar-refractivity contribution in [2.75, 3.05) is 18.5 Å². The van der Waals surface area contributed by atoms with Gasteiger partial charge in [-0.2, -0.15) is 0 Å². The average molecular weight is 481 g/mol. The van der Waals surface area contributed by atoms with Crippen LogP contribution in [-0.2, 0) is 22.6 Å². The lowest BCUT2D eigenvalue weighted by atomic mass is 10.2. The second kappa shape index (κ2) is 9.40. The quantitative estimate of drug-likeness (QED) is 0.436. The van der Waals surface area contributed by atoms with Crippen LogP contribution in [-0.4, -0.2) is 39.3 Å². The van der Waals surface area contributed by atoms with Gasteiger partial charge in [-0.25, -0.2) is 9.78 Å². The van der Waals surface area contributed by atoms with Gasteiger partial charge in [-0.1, -0.05) is 0 Å². The Bertz CT molecular complexity index is 1470. The molecule has 1 fully saturated rings. The summed E-state index contributed by atoms with van der Waals surface area (Å²) >= 11 is 1.23. The summed E-state index contributed by atoms with van der Waals surface area (Å²) in [4.78, 5) is 44.7. The van der Waals surface area contributed by atoms with Gasteiger partial charge in [0.1, 0.15) is 21.8 Å². The molecule has 4 heterocycles. The molecular weight excluding hydrogens is 456 g/mol. The molecule has 10 heteroatoms. The molecule has 34 heavy (non-hydrogen) atoms. The molecule has 0 saturated carbocycles. The van der Waals surface area contributed by atoms with Crippen LogP contribution in [0, 0.1) is 0 Å². The van der Waals surface area contributed by atoms with Crippen LogP contribution in [0.1, 0.15) is 19.8 Å². The molecule has 1 aliphatic rings. The molecule has 5 rings (SSSR count). The van der Waals surface area contributed by atoms with Gasteiger partial charge in [0.15, 0.2) is 0 Å². The van der Waals surface area contributed by atoms with Crippen LogP contribution in [0.4, 0.5) is 5.69 Å². The van der Waals surface area contributed by atoms with Crippen molar-refractivity contribution in [1.29, 1.82) is 0 Å². The highest BCUT2D eigenvalue weighted by molar-refractivity contribution is 7.25. The molecule has 9 nitrogen and oxygen atoms in total. The maximum absolute atomic E-state index is 13.5. The molecular formula is C24H24N4O5S. The number of hydrogen-bond acceptors (Lipinski definition) is 7. The molecule has 0 spiro atoms. The molecule has 1 aliphatic heterocycles. The molecule has 176 valence electrons. The fourth-order valence-electron chi connectivity index (χ4n) is 4.23. The van der Waals surface area contributed by atoms with E-state index in [4.69, 9.17) is 9.47 Å². The molecule has 1 amide bonds. The van der Waals surface area contributed by atoms with Crippen molar-refractivity contribution in [2.45, 2.75) is 39.0 Å². The van der Waals surface area contributed by atoms with E-state index in [2.05, 4.69) is 10.3 Å². The summed E-state index contributed by atoms with van der Waals surface area (Å²) in [6.45, 7) is 2.99. The lowest BCUT2D eigenvalue weighted by molar-refractivity contribution is -0.116. The minimum atomic E-state index is -0.529. The second-order valence-electron chi connectivity index (χ2n) is 8.06. The van der Waals surface area contributed by atoms with Crippen molar-refractivity contribution in [3.05, 3.63) is 63.4 Å². The molecule has 0 radical (unpaired) electrons. The Morgan fingerprint density at radius 2 is 2.06 bits per heavy atom. The third-order valence-electron chi connectivity index (χ3n) is 5.77. The normalized spacial score (nSPS) is 15.7. The smallest absolute Gasteiger partial charge is 0.332 e. The summed E-state index contributed by atoms with van der Waals surface area (Å²) in [6, 6.07) is 10.6. The highest BCUT2D eigenvalue weighted by atomic mass is 32.1. The molecule has 3 aromatic heterocycles. The predicted octanol–water partition coefficient (Wildman–Crippen LogP) is 2.99. The highest BCUT2D eigenvalue weighted by Crippen LogP contribution is 2.29. The number of thiophene rings is 1. The predicted molar refractivity (Wildman–Crippen MR) is 131 cm³/mol. The number of nitrogens with one attached hydrogen (secondary N) is 1. The van der Waals surface area contributed by atoms with Crippen molar-refractivity contribution >= 4 is 43.4 Å². The van der Waals surface area contributed by atoms with Crippen molar-refractivity contribution in [3.63, 3.8) is 0 Å². The summed E-state index contributed by atoms with van der Waals surface area (Å²) in [6.07, 6.45) is 3.13. The summed E-state index contributed by atoms with van der Waals surface area (Å²) in [5.74, 6) is 0.329. The number of aromatic nitrogens is 3. The van der Waals surface area contributed by atoms with Crippen LogP contribution in [0.15, 0.2) is 52.2 Å². The summed E-state index contributed by atoms with van der Waals surface area (Å²) < 4.78 is 14.1. The Morgan fingerprint density at radius 3 is 2.79 bits per heavy atom. The van der Waals surface area contributed by atoms with Gasteiger partial charge in [0.2, 0.25) is 5.91 Å². The van der Waals surface area contributed by atoms with Gasteiger partial charge in [-0.3, -0.25) is 18.7 Å². The number of pyridine rings is 1. The lowest BCUT2D eigenvalue weighted by Crippen LogP contribution is -2.43. The standard InChI is InChI=1S/C24H24N4O5S/c1-2-32-16-9-7-15(8-10-16)26-19(29)14-27-20-18-6-3-11-25-22(18)34-21(20)23(30)28(24(27)31)13-17-5-4-12-33-17/h3,6-11,17H,2,4-5,12-14H2,1H3,(H,26,29)/t17-/m0/s1. The monoisotopic (exact) mass is 480 g/mol. The molecule has 1 N–H and O–H groups in total. The molecule has 1 atom stereocenters. The molecule has 1 aromatic carbocycles. The maximum Gasteiger partial charge on any atom is 0.332 e. The van der Waals surface area contributed by atoms with Crippen molar-refractivity contribution in [3.8, 4) is 5.75 Å². The van der Waals surface area contributed by atoms with Crippen LogP contribution in [0.3, 0.4) is 0 Å². The van der Waals surface area contributed by atoms with E-state index in [0.717, 1.165) is 12.8 Å². The average Bonchev–Trinajstić information content (AvgIpc) is 3.49. The number of carbonyl (C=O) groups is 1. The topological polar surface area (TPSA) is 104 Å². The fraction of sp³-hybridized carbons (Fsp3) is 0.333. The Morgan fingerprint density at radius 1 is 1.24 bits per heavy atom. The van der Waals surface area contributed by atoms with Crippen molar-refractivity contribution < 1.29 is 14.3 Å². The SMILES string of the molecule is CCOc1ccc(NC(=O)Cn2c(=O)n(C[C@@H]3CCCO3)c(=O)c3sc4ncccc4c32)cc1. The number of rotatable bonds is 7. The number of amides is 1. The number of benzene rings is 1. The summed E-state index contributed by atoms with van der Waals surface area (Å²) in [5, 5.41) is 3.50. The fourth-order valence-corrected chi connectivity index (χ4v) is 5.32.